The van der Waals surface area contributed by atoms with Crippen molar-refractivity contribution in [3.8, 4) is 5.75 Å². The maximum atomic E-state index is 13.8. The molecule has 1 aliphatic heterocycles. The molecular weight excluding hydrogens is 503 g/mol. The molecule has 3 aromatic rings. The van der Waals surface area contributed by atoms with Crippen LogP contribution in [-0.4, -0.2) is 50.3 Å². The Morgan fingerprint density at radius 2 is 1.80 bits per heavy atom. The first kappa shape index (κ1) is 29.8. The molecule has 6 heteroatoms. The van der Waals surface area contributed by atoms with Crippen LogP contribution in [0.15, 0.2) is 66.7 Å². The Morgan fingerprint density at radius 1 is 1.00 bits per heavy atom. The van der Waals surface area contributed by atoms with E-state index < -0.39 is 5.41 Å². The Labute approximate surface area is 238 Å². The van der Waals surface area contributed by atoms with E-state index in [0.29, 0.717) is 44.3 Å². The van der Waals surface area contributed by atoms with Crippen molar-refractivity contribution < 1.29 is 18.7 Å². The first-order valence-corrected chi connectivity index (χ1v) is 14.4. The van der Waals surface area contributed by atoms with Crippen molar-refractivity contribution >= 4 is 5.91 Å². The quantitative estimate of drug-likeness (QED) is 0.374. The predicted molar refractivity (Wildman–Crippen MR) is 158 cm³/mol. The second-order valence-corrected chi connectivity index (χ2v) is 11.8. The lowest BCUT2D eigenvalue weighted by Gasteiger charge is -2.26. The summed E-state index contributed by atoms with van der Waals surface area (Å²) in [6.07, 6.45) is 1.81. The highest BCUT2D eigenvalue weighted by atomic mass is 19.1. The lowest BCUT2D eigenvalue weighted by atomic mass is 9.84. The number of hydrogen-bond acceptors (Lipinski definition) is 4. The molecule has 1 aliphatic rings. The summed E-state index contributed by atoms with van der Waals surface area (Å²) < 4.78 is 25.8. The molecule has 214 valence electrons. The minimum absolute atomic E-state index is 0.162. The fourth-order valence-corrected chi connectivity index (χ4v) is 4.95. The van der Waals surface area contributed by atoms with Crippen molar-refractivity contribution in [1.82, 2.24) is 10.2 Å². The van der Waals surface area contributed by atoms with Crippen LogP contribution in [0.2, 0.25) is 0 Å². The summed E-state index contributed by atoms with van der Waals surface area (Å²) in [5, 5.41) is 3.05. The summed E-state index contributed by atoms with van der Waals surface area (Å²) in [4.78, 5) is 15.7. The minimum atomic E-state index is -0.419. The van der Waals surface area contributed by atoms with Gasteiger partial charge in [0.1, 0.15) is 18.2 Å². The van der Waals surface area contributed by atoms with Gasteiger partial charge in [-0.25, -0.2) is 4.39 Å². The summed E-state index contributed by atoms with van der Waals surface area (Å²) in [5.74, 6) is 0.982. The zero-order chi connectivity index (χ0) is 28.5. The van der Waals surface area contributed by atoms with Gasteiger partial charge in [-0.15, -0.1) is 0 Å². The van der Waals surface area contributed by atoms with Crippen molar-refractivity contribution in [3.63, 3.8) is 0 Å². The first-order valence-electron chi connectivity index (χ1n) is 14.4. The van der Waals surface area contributed by atoms with Gasteiger partial charge in [0, 0.05) is 37.0 Å². The molecule has 4 rings (SSSR count). The summed E-state index contributed by atoms with van der Waals surface area (Å²) >= 11 is 0. The third kappa shape index (κ3) is 8.64. The van der Waals surface area contributed by atoms with Crippen molar-refractivity contribution in [1.29, 1.82) is 0 Å². The van der Waals surface area contributed by atoms with Crippen molar-refractivity contribution in [2.45, 2.75) is 52.5 Å². The second kappa shape index (κ2) is 13.9. The monoisotopic (exact) mass is 546 g/mol. The first-order chi connectivity index (χ1) is 19.2. The van der Waals surface area contributed by atoms with Crippen LogP contribution in [0.5, 0.6) is 5.75 Å². The van der Waals surface area contributed by atoms with E-state index in [1.807, 2.05) is 32.0 Å². The fraction of sp³-hybridized carbons (Fsp3) is 0.441. The second-order valence-electron chi connectivity index (χ2n) is 11.8. The average molecular weight is 547 g/mol. The number of benzene rings is 3. The van der Waals surface area contributed by atoms with Gasteiger partial charge in [0.2, 0.25) is 0 Å². The summed E-state index contributed by atoms with van der Waals surface area (Å²) in [5.41, 5.74) is 4.42. The maximum Gasteiger partial charge on any atom is 0.251 e. The summed E-state index contributed by atoms with van der Waals surface area (Å²) in [7, 11) is 0. The normalized spacial score (nSPS) is 15.2. The number of amides is 1. The molecule has 0 saturated heterocycles. The Morgan fingerprint density at radius 3 is 2.60 bits per heavy atom. The van der Waals surface area contributed by atoms with Crippen LogP contribution in [0.3, 0.4) is 0 Å². The number of carbonyl (C=O) groups is 1. The number of nitrogens with one attached hydrogen (secondary N) is 1. The largest absolute Gasteiger partial charge is 0.491 e. The van der Waals surface area contributed by atoms with Gasteiger partial charge in [0.05, 0.1) is 13.2 Å². The summed E-state index contributed by atoms with van der Waals surface area (Å²) in [6, 6.07) is 20.8. The van der Waals surface area contributed by atoms with Crippen LogP contribution in [0.1, 0.15) is 66.7 Å². The maximum absolute atomic E-state index is 13.8. The van der Waals surface area contributed by atoms with E-state index in [4.69, 9.17) is 9.47 Å². The van der Waals surface area contributed by atoms with Gasteiger partial charge >= 0.3 is 0 Å². The number of carbonyl (C=O) groups excluding carboxylic acids is 1. The predicted octanol–water partition coefficient (Wildman–Crippen LogP) is 6.38. The highest BCUT2D eigenvalue weighted by Crippen LogP contribution is 2.26. The third-order valence-corrected chi connectivity index (χ3v) is 7.47. The van der Waals surface area contributed by atoms with E-state index in [1.165, 1.54) is 23.3 Å². The van der Waals surface area contributed by atoms with Crippen LogP contribution in [0.4, 0.5) is 4.39 Å². The molecule has 0 atom stereocenters. The molecule has 0 spiro atoms. The number of rotatable bonds is 7. The standard InChI is InChI=1S/C34H43FN2O3/c1-25(2)13-14-37-15-16-39-17-18-40-32-12-11-28(21-29(32)20-26-7-5-8-27(19-26)23-37)33(38)36-24-34(3,4)30-9-6-10-31(35)22-30/h5-12,19,21-22,25H,13-18,20,23-24H2,1-4H3,(H,36,38). The van der Waals surface area contributed by atoms with Gasteiger partial charge in [-0.05, 0) is 71.5 Å². The van der Waals surface area contributed by atoms with Gasteiger partial charge in [0.15, 0.2) is 0 Å². The molecule has 5 nitrogen and oxygen atoms in total. The van der Waals surface area contributed by atoms with E-state index >= 15 is 0 Å². The zero-order valence-corrected chi connectivity index (χ0v) is 24.3. The van der Waals surface area contributed by atoms with Crippen LogP contribution >= 0.6 is 0 Å². The Kier molecular flexibility index (Phi) is 10.3. The molecule has 0 unspecified atom stereocenters. The van der Waals surface area contributed by atoms with Gasteiger partial charge < -0.3 is 14.8 Å². The number of halogens is 1. The van der Waals surface area contributed by atoms with E-state index in [0.717, 1.165) is 42.9 Å². The van der Waals surface area contributed by atoms with Gasteiger partial charge in [-0.1, -0.05) is 64.1 Å². The third-order valence-electron chi connectivity index (χ3n) is 7.47. The number of hydrogen-bond donors (Lipinski definition) is 1. The van der Waals surface area contributed by atoms with Crippen LogP contribution < -0.4 is 10.1 Å². The molecule has 3 aromatic carbocycles. The summed E-state index contributed by atoms with van der Waals surface area (Å²) in [6.45, 7) is 13.3. The lowest BCUT2D eigenvalue weighted by Crippen LogP contribution is -2.36. The van der Waals surface area contributed by atoms with Gasteiger partial charge in [0.25, 0.3) is 5.91 Å². The average Bonchev–Trinajstić information content (AvgIpc) is 2.92. The Balaban J connectivity index is 1.51. The SMILES string of the molecule is CC(C)CCN1CCOCCOc2ccc(C(=O)NCC(C)(C)c3cccc(F)c3)cc2Cc2cccc(c2)C1. The fourth-order valence-electron chi connectivity index (χ4n) is 4.95. The molecule has 1 heterocycles. The molecule has 1 N–H and O–H groups in total. The van der Waals surface area contributed by atoms with Crippen molar-refractivity contribution in [3.05, 3.63) is 100 Å². The number of fused-ring (bicyclic) bond motifs is 3. The Hall–Kier alpha value is -3.22. The van der Waals surface area contributed by atoms with Crippen molar-refractivity contribution in [2.75, 3.05) is 39.5 Å². The van der Waals surface area contributed by atoms with Gasteiger partial charge in [-0.3, -0.25) is 9.69 Å². The topological polar surface area (TPSA) is 50.8 Å². The van der Waals surface area contributed by atoms with Crippen LogP contribution in [0.25, 0.3) is 0 Å². The smallest absolute Gasteiger partial charge is 0.251 e. The molecule has 0 fully saturated rings. The number of nitrogens with zero attached hydrogens (tertiary/aromatic N) is 1. The van der Waals surface area contributed by atoms with E-state index in [-0.39, 0.29) is 11.7 Å². The molecule has 0 aliphatic carbocycles. The Bertz CT molecular complexity index is 1270. The van der Waals surface area contributed by atoms with Crippen LogP contribution in [-0.2, 0) is 23.1 Å². The lowest BCUT2D eigenvalue weighted by molar-refractivity contribution is 0.0764. The highest BCUT2D eigenvalue weighted by Gasteiger charge is 2.23. The molecule has 0 radical (unpaired) electrons. The number of ether oxygens (including phenoxy) is 2. The van der Waals surface area contributed by atoms with E-state index in [2.05, 4.69) is 48.3 Å². The highest BCUT2D eigenvalue weighted by molar-refractivity contribution is 5.94. The molecule has 2 bridgehead atoms. The molecular formula is C34H43FN2O3. The van der Waals surface area contributed by atoms with E-state index in [9.17, 15) is 9.18 Å². The van der Waals surface area contributed by atoms with Crippen molar-refractivity contribution in [2.24, 2.45) is 5.92 Å². The molecule has 0 saturated carbocycles. The zero-order valence-electron chi connectivity index (χ0n) is 24.3. The minimum Gasteiger partial charge on any atom is -0.491 e. The molecule has 40 heavy (non-hydrogen) atoms. The van der Waals surface area contributed by atoms with Gasteiger partial charge in [-0.2, -0.15) is 0 Å². The molecule has 0 aromatic heterocycles. The molecule has 1 amide bonds. The van der Waals surface area contributed by atoms with E-state index in [1.54, 1.807) is 12.1 Å². The van der Waals surface area contributed by atoms with Crippen LogP contribution in [0, 0.1) is 11.7 Å².